The Morgan fingerprint density at radius 1 is 1.10 bits per heavy atom. The number of carbonyl (C=O) groups is 1. The van der Waals surface area contributed by atoms with Gasteiger partial charge in [0.15, 0.2) is 0 Å². The number of amides is 1. The van der Waals surface area contributed by atoms with Gasteiger partial charge in [-0.25, -0.2) is 0 Å². The average molecular weight is 292 g/mol. The predicted octanol–water partition coefficient (Wildman–Crippen LogP) is 3.19. The summed E-state index contributed by atoms with van der Waals surface area (Å²) in [6.45, 7) is 12.2. The van der Waals surface area contributed by atoms with E-state index in [1.54, 1.807) is 0 Å². The van der Waals surface area contributed by atoms with Crippen molar-refractivity contribution < 1.29 is 4.79 Å². The molecule has 1 amide bonds. The number of nitrogens with one attached hydrogen (secondary N) is 1. The number of hydrogen-bond acceptors (Lipinski definition) is 2. The highest BCUT2D eigenvalue weighted by molar-refractivity contribution is 5.84. The first-order chi connectivity index (χ1) is 9.79. The summed E-state index contributed by atoms with van der Waals surface area (Å²) in [5, 5.41) is 3.70. The molecule has 0 aromatic heterocycles. The molecule has 1 aliphatic carbocycles. The predicted molar refractivity (Wildman–Crippen MR) is 86.0 cm³/mol. The summed E-state index contributed by atoms with van der Waals surface area (Å²) in [4.78, 5) is 15.4. The molecule has 1 N–H and O–H groups in total. The largest absolute Gasteiger partial charge is 0.339 e. The first-order valence-electron chi connectivity index (χ1n) is 8.85. The molecule has 0 aromatic carbocycles. The first kappa shape index (κ1) is 15.3. The van der Waals surface area contributed by atoms with Gasteiger partial charge in [0.25, 0.3) is 0 Å². The fourth-order valence-corrected chi connectivity index (χ4v) is 4.97. The molecule has 0 spiro atoms. The van der Waals surface area contributed by atoms with Crippen molar-refractivity contribution in [2.24, 2.45) is 16.7 Å². The fourth-order valence-electron chi connectivity index (χ4n) is 4.97. The van der Waals surface area contributed by atoms with Crippen molar-refractivity contribution in [1.29, 1.82) is 0 Å². The van der Waals surface area contributed by atoms with E-state index in [2.05, 4.69) is 44.8 Å². The van der Waals surface area contributed by atoms with Crippen molar-refractivity contribution in [3.63, 3.8) is 0 Å². The van der Waals surface area contributed by atoms with E-state index in [4.69, 9.17) is 0 Å². The van der Waals surface area contributed by atoms with Crippen LogP contribution in [-0.4, -0.2) is 35.5 Å². The molecule has 1 saturated carbocycles. The molecule has 3 nitrogen and oxygen atoms in total. The SMILES string of the molecule is CCCN(C(=O)C1C(C)(C)C1(C)C)C1CC2CCC(C1)N2. The lowest BCUT2D eigenvalue weighted by atomic mass is 9.96. The van der Waals surface area contributed by atoms with Crippen LogP contribution in [0.2, 0.25) is 0 Å². The van der Waals surface area contributed by atoms with E-state index in [-0.39, 0.29) is 16.7 Å². The lowest BCUT2D eigenvalue weighted by Gasteiger charge is -2.38. The van der Waals surface area contributed by atoms with Crippen molar-refractivity contribution in [1.82, 2.24) is 10.2 Å². The maximum absolute atomic E-state index is 13.2. The van der Waals surface area contributed by atoms with Crippen LogP contribution in [0, 0.1) is 16.7 Å². The van der Waals surface area contributed by atoms with Crippen LogP contribution in [0.5, 0.6) is 0 Å². The van der Waals surface area contributed by atoms with Gasteiger partial charge in [-0.1, -0.05) is 34.6 Å². The number of piperidine rings is 1. The van der Waals surface area contributed by atoms with Crippen LogP contribution < -0.4 is 5.32 Å². The molecular formula is C18H32N2O. The minimum Gasteiger partial charge on any atom is -0.339 e. The molecule has 2 unspecified atom stereocenters. The van der Waals surface area contributed by atoms with E-state index in [0.717, 1.165) is 25.8 Å². The zero-order chi connectivity index (χ0) is 15.4. The maximum atomic E-state index is 13.2. The lowest BCUT2D eigenvalue weighted by molar-refractivity contribution is -0.137. The Balaban J connectivity index is 1.74. The smallest absolute Gasteiger partial charge is 0.227 e. The van der Waals surface area contributed by atoms with Gasteiger partial charge < -0.3 is 10.2 Å². The van der Waals surface area contributed by atoms with Gasteiger partial charge in [-0.3, -0.25) is 4.79 Å². The van der Waals surface area contributed by atoms with Gasteiger partial charge in [0.1, 0.15) is 0 Å². The third-order valence-corrected chi connectivity index (χ3v) is 6.90. The van der Waals surface area contributed by atoms with Crippen LogP contribution in [0.25, 0.3) is 0 Å². The van der Waals surface area contributed by atoms with Gasteiger partial charge in [0.05, 0.1) is 0 Å². The molecule has 2 atom stereocenters. The van der Waals surface area contributed by atoms with Crippen molar-refractivity contribution in [2.75, 3.05) is 6.54 Å². The second-order valence-corrected chi connectivity index (χ2v) is 8.67. The summed E-state index contributed by atoms with van der Waals surface area (Å²) < 4.78 is 0. The van der Waals surface area contributed by atoms with Crippen molar-refractivity contribution in [2.45, 2.75) is 84.8 Å². The Morgan fingerprint density at radius 3 is 2.05 bits per heavy atom. The molecule has 21 heavy (non-hydrogen) atoms. The Kier molecular flexibility index (Phi) is 3.63. The number of carbonyl (C=O) groups excluding carboxylic acids is 1. The number of fused-ring (bicyclic) bond motifs is 2. The summed E-state index contributed by atoms with van der Waals surface area (Å²) >= 11 is 0. The van der Waals surface area contributed by atoms with Gasteiger partial charge in [0.2, 0.25) is 5.91 Å². The summed E-state index contributed by atoms with van der Waals surface area (Å²) in [5.74, 6) is 0.641. The fraction of sp³-hybridized carbons (Fsp3) is 0.944. The Morgan fingerprint density at radius 2 is 1.62 bits per heavy atom. The highest BCUT2D eigenvalue weighted by Gasteiger charge is 2.69. The molecule has 3 aliphatic rings. The standard InChI is InChI=1S/C18H32N2O/c1-6-9-20(14-10-12-7-8-13(11-14)19-12)16(21)15-17(2,3)18(15,4)5/h12-15,19H,6-11H2,1-5H3. The number of rotatable bonds is 4. The van der Waals surface area contributed by atoms with Crippen LogP contribution >= 0.6 is 0 Å². The van der Waals surface area contributed by atoms with Gasteiger partial charge >= 0.3 is 0 Å². The van der Waals surface area contributed by atoms with Gasteiger partial charge in [-0.05, 0) is 42.9 Å². The first-order valence-corrected chi connectivity index (χ1v) is 8.85. The highest BCUT2D eigenvalue weighted by atomic mass is 16.2. The third kappa shape index (κ3) is 2.32. The molecule has 3 heteroatoms. The average Bonchev–Trinajstić information content (AvgIpc) is 2.66. The van der Waals surface area contributed by atoms with Crippen LogP contribution in [-0.2, 0) is 4.79 Å². The molecular weight excluding hydrogens is 260 g/mol. The summed E-state index contributed by atoms with van der Waals surface area (Å²) in [6.07, 6.45) is 6.00. The van der Waals surface area contributed by atoms with Crippen LogP contribution in [0.15, 0.2) is 0 Å². The van der Waals surface area contributed by atoms with E-state index in [9.17, 15) is 4.79 Å². The zero-order valence-electron chi connectivity index (χ0n) is 14.4. The van der Waals surface area contributed by atoms with Crippen LogP contribution in [0.4, 0.5) is 0 Å². The van der Waals surface area contributed by atoms with Gasteiger partial charge in [-0.15, -0.1) is 0 Å². The second kappa shape index (κ2) is 4.97. The van der Waals surface area contributed by atoms with Gasteiger partial charge in [0, 0.05) is 30.6 Å². The molecule has 120 valence electrons. The highest BCUT2D eigenvalue weighted by Crippen LogP contribution is 2.69. The van der Waals surface area contributed by atoms with Gasteiger partial charge in [-0.2, -0.15) is 0 Å². The molecule has 2 bridgehead atoms. The van der Waals surface area contributed by atoms with Crippen LogP contribution in [0.3, 0.4) is 0 Å². The molecule has 3 rings (SSSR count). The number of hydrogen-bond donors (Lipinski definition) is 1. The quantitative estimate of drug-likeness (QED) is 0.863. The topological polar surface area (TPSA) is 32.3 Å². The second-order valence-electron chi connectivity index (χ2n) is 8.67. The third-order valence-electron chi connectivity index (χ3n) is 6.90. The summed E-state index contributed by atoms with van der Waals surface area (Å²) in [7, 11) is 0. The Bertz CT molecular complexity index is 403. The normalized spacial score (nSPS) is 36.5. The van der Waals surface area contributed by atoms with Crippen molar-refractivity contribution in [3.05, 3.63) is 0 Å². The van der Waals surface area contributed by atoms with Crippen molar-refractivity contribution in [3.8, 4) is 0 Å². The van der Waals surface area contributed by atoms with E-state index < -0.39 is 0 Å². The molecule has 2 aliphatic heterocycles. The Labute approximate surface area is 129 Å². The molecule has 0 aromatic rings. The Hall–Kier alpha value is -0.570. The monoisotopic (exact) mass is 292 g/mol. The van der Waals surface area contributed by atoms with E-state index in [1.807, 2.05) is 0 Å². The molecule has 3 fully saturated rings. The minimum atomic E-state index is 0.155. The van der Waals surface area contributed by atoms with E-state index in [0.29, 0.717) is 24.0 Å². The summed E-state index contributed by atoms with van der Waals surface area (Å²) in [6, 6.07) is 1.78. The minimum absolute atomic E-state index is 0.155. The molecule has 2 saturated heterocycles. The molecule has 2 heterocycles. The maximum Gasteiger partial charge on any atom is 0.227 e. The van der Waals surface area contributed by atoms with E-state index in [1.165, 1.54) is 12.8 Å². The zero-order valence-corrected chi connectivity index (χ0v) is 14.4. The molecule has 0 radical (unpaired) electrons. The van der Waals surface area contributed by atoms with Crippen molar-refractivity contribution >= 4 is 5.91 Å². The van der Waals surface area contributed by atoms with Crippen LogP contribution in [0.1, 0.15) is 66.7 Å². The summed E-state index contributed by atoms with van der Waals surface area (Å²) in [5.41, 5.74) is 0.309. The van der Waals surface area contributed by atoms with E-state index >= 15 is 0 Å². The lowest BCUT2D eigenvalue weighted by Crippen LogP contribution is -2.51. The number of nitrogens with zero attached hydrogens (tertiary/aromatic N) is 1.